The molecule has 0 fully saturated rings. The zero-order chi connectivity index (χ0) is 23.6. The number of aromatic amines is 1. The molecule has 0 saturated carbocycles. The van der Waals surface area contributed by atoms with E-state index >= 15 is 0 Å². The molecular weight excluding hydrogens is 446 g/mol. The van der Waals surface area contributed by atoms with E-state index in [-0.39, 0.29) is 11.6 Å². The van der Waals surface area contributed by atoms with Gasteiger partial charge >= 0.3 is 5.69 Å². The highest BCUT2D eigenvalue weighted by molar-refractivity contribution is 7.90. The van der Waals surface area contributed by atoms with E-state index in [4.69, 9.17) is 9.47 Å². The summed E-state index contributed by atoms with van der Waals surface area (Å²) >= 11 is 0. The number of sulfone groups is 1. The number of pyridine rings is 3. The number of rotatable bonds is 8. The first-order chi connectivity index (χ1) is 15.8. The van der Waals surface area contributed by atoms with Crippen molar-refractivity contribution >= 4 is 21.0 Å². The Morgan fingerprint density at radius 3 is 2.67 bits per heavy atom. The summed E-state index contributed by atoms with van der Waals surface area (Å²) in [5.41, 5.74) is 2.02. The third-order valence-corrected chi connectivity index (χ3v) is 5.90. The van der Waals surface area contributed by atoms with E-state index in [9.17, 15) is 13.2 Å². The molecule has 1 atom stereocenters. The average Bonchev–Trinajstić information content (AvgIpc) is 3.12. The molecule has 4 aromatic rings. The maximum Gasteiger partial charge on any atom is 0.328 e. The van der Waals surface area contributed by atoms with Gasteiger partial charge in [-0.3, -0.25) is 9.55 Å². The first kappa shape index (κ1) is 22.5. The molecule has 0 spiro atoms. The Bertz CT molecular complexity index is 1450. The normalized spacial score (nSPS) is 12.6. The maximum atomic E-state index is 13.0. The highest BCUT2D eigenvalue weighted by atomic mass is 32.2. The van der Waals surface area contributed by atoms with Gasteiger partial charge in [0.25, 0.3) is 5.88 Å². The second-order valence-corrected chi connectivity index (χ2v) is 9.58. The van der Waals surface area contributed by atoms with Crippen LogP contribution in [0.2, 0.25) is 0 Å². The molecule has 0 radical (unpaired) electrons. The fourth-order valence-corrected chi connectivity index (χ4v) is 4.47. The number of imidazole rings is 1. The fraction of sp³-hybridized carbons (Fsp3) is 0.273. The summed E-state index contributed by atoms with van der Waals surface area (Å²) in [5, 5.41) is 0. The standard InChI is InChI=1S/C22H23N5O5S/c1-4-32-21-19(31-2)9-8-16(25-21)18(13-33(3,29)30)27-20-17(26-22(27)28)11-14(12-24-20)15-7-5-6-10-23-15/h5-12,18H,4,13H2,1-3H3,(H,26,28). The van der Waals surface area contributed by atoms with Gasteiger partial charge in [-0.1, -0.05) is 6.07 Å². The molecule has 4 heterocycles. The van der Waals surface area contributed by atoms with Crippen LogP contribution in [0.5, 0.6) is 11.6 Å². The maximum absolute atomic E-state index is 13.0. The van der Waals surface area contributed by atoms with E-state index in [1.165, 1.54) is 11.7 Å². The lowest BCUT2D eigenvalue weighted by Crippen LogP contribution is -2.29. The van der Waals surface area contributed by atoms with Crippen molar-refractivity contribution < 1.29 is 17.9 Å². The number of fused-ring (bicyclic) bond motifs is 1. The van der Waals surface area contributed by atoms with Crippen LogP contribution in [0.4, 0.5) is 0 Å². The number of nitrogens with one attached hydrogen (secondary N) is 1. The van der Waals surface area contributed by atoms with Crippen LogP contribution in [0.25, 0.3) is 22.4 Å². The largest absolute Gasteiger partial charge is 0.491 e. The number of hydrogen-bond acceptors (Lipinski definition) is 8. The lowest BCUT2D eigenvalue weighted by Gasteiger charge is -2.19. The van der Waals surface area contributed by atoms with Crippen molar-refractivity contribution in [3.8, 4) is 22.9 Å². The second kappa shape index (κ2) is 9.02. The number of H-pyrrole nitrogens is 1. The molecule has 0 aliphatic carbocycles. The molecule has 172 valence electrons. The number of nitrogens with zero attached hydrogens (tertiary/aromatic N) is 4. The zero-order valence-electron chi connectivity index (χ0n) is 18.3. The van der Waals surface area contributed by atoms with Gasteiger partial charge in [-0.05, 0) is 37.3 Å². The van der Waals surface area contributed by atoms with Crippen molar-refractivity contribution in [1.82, 2.24) is 24.5 Å². The molecule has 4 rings (SSSR count). The SMILES string of the molecule is CCOc1nc(C(CS(C)(=O)=O)n2c(=O)[nH]c3cc(-c4ccccn4)cnc32)ccc1OC. The van der Waals surface area contributed by atoms with Crippen molar-refractivity contribution in [2.45, 2.75) is 13.0 Å². The summed E-state index contributed by atoms with van der Waals surface area (Å²) in [6.07, 6.45) is 4.37. The Balaban J connectivity index is 1.88. The van der Waals surface area contributed by atoms with Crippen LogP contribution >= 0.6 is 0 Å². The molecule has 1 N–H and O–H groups in total. The van der Waals surface area contributed by atoms with Gasteiger partial charge in [0.05, 0.1) is 42.4 Å². The van der Waals surface area contributed by atoms with Crippen molar-refractivity contribution in [3.05, 3.63) is 65.0 Å². The number of aromatic nitrogens is 5. The summed E-state index contributed by atoms with van der Waals surface area (Å²) in [6, 6.07) is 9.57. The number of methoxy groups -OCH3 is 1. The van der Waals surface area contributed by atoms with Crippen molar-refractivity contribution in [3.63, 3.8) is 0 Å². The Morgan fingerprint density at radius 1 is 1.18 bits per heavy atom. The van der Waals surface area contributed by atoms with Crippen LogP contribution in [0.1, 0.15) is 18.7 Å². The van der Waals surface area contributed by atoms with Gasteiger partial charge in [-0.25, -0.2) is 23.2 Å². The Labute approximate surface area is 190 Å². The smallest absolute Gasteiger partial charge is 0.328 e. The van der Waals surface area contributed by atoms with Gasteiger partial charge in [0, 0.05) is 24.2 Å². The van der Waals surface area contributed by atoms with Crippen LogP contribution in [0.3, 0.4) is 0 Å². The summed E-state index contributed by atoms with van der Waals surface area (Å²) in [4.78, 5) is 29.0. The van der Waals surface area contributed by atoms with E-state index in [1.54, 1.807) is 37.5 Å². The lowest BCUT2D eigenvalue weighted by atomic mass is 10.2. The van der Waals surface area contributed by atoms with Crippen LogP contribution in [0, 0.1) is 0 Å². The second-order valence-electron chi connectivity index (χ2n) is 7.40. The minimum absolute atomic E-state index is 0.217. The summed E-state index contributed by atoms with van der Waals surface area (Å²) < 4.78 is 36.7. The van der Waals surface area contributed by atoms with Gasteiger partial charge < -0.3 is 14.5 Å². The molecule has 4 aromatic heterocycles. The Morgan fingerprint density at radius 2 is 2.00 bits per heavy atom. The predicted molar refractivity (Wildman–Crippen MR) is 123 cm³/mol. The molecule has 0 saturated heterocycles. The van der Waals surface area contributed by atoms with Gasteiger partial charge in [-0.15, -0.1) is 0 Å². The fourth-order valence-electron chi connectivity index (χ4n) is 3.58. The number of ether oxygens (including phenoxy) is 2. The molecule has 1 unspecified atom stereocenters. The van der Waals surface area contributed by atoms with Crippen LogP contribution in [-0.4, -0.2) is 58.6 Å². The predicted octanol–water partition coefficient (Wildman–Crippen LogP) is 2.22. The molecular formula is C22H23N5O5S. The van der Waals surface area contributed by atoms with Gasteiger partial charge in [0.15, 0.2) is 11.4 Å². The minimum atomic E-state index is -3.50. The molecule has 0 aromatic carbocycles. The molecule has 0 aliphatic rings. The average molecular weight is 470 g/mol. The van der Waals surface area contributed by atoms with Crippen LogP contribution < -0.4 is 15.2 Å². The van der Waals surface area contributed by atoms with Crippen molar-refractivity contribution in [1.29, 1.82) is 0 Å². The molecule has 11 heteroatoms. The van der Waals surface area contributed by atoms with Crippen molar-refractivity contribution in [2.75, 3.05) is 25.7 Å². The topological polar surface area (TPSA) is 129 Å². The lowest BCUT2D eigenvalue weighted by molar-refractivity contribution is 0.296. The summed E-state index contributed by atoms with van der Waals surface area (Å²) in [6.45, 7) is 2.14. The van der Waals surface area contributed by atoms with E-state index in [0.717, 1.165) is 11.8 Å². The van der Waals surface area contributed by atoms with Gasteiger partial charge in [0.1, 0.15) is 9.84 Å². The van der Waals surface area contributed by atoms with E-state index in [0.29, 0.717) is 34.9 Å². The first-order valence-electron chi connectivity index (χ1n) is 10.2. The zero-order valence-corrected chi connectivity index (χ0v) is 19.2. The first-order valence-corrected chi connectivity index (χ1v) is 12.2. The summed E-state index contributed by atoms with van der Waals surface area (Å²) in [7, 11) is -2.01. The van der Waals surface area contributed by atoms with Gasteiger partial charge in [-0.2, -0.15) is 0 Å². The highest BCUT2D eigenvalue weighted by Gasteiger charge is 2.27. The molecule has 33 heavy (non-hydrogen) atoms. The van der Waals surface area contributed by atoms with E-state index < -0.39 is 21.6 Å². The molecule has 0 amide bonds. The Hall–Kier alpha value is -3.73. The molecule has 0 aliphatic heterocycles. The van der Waals surface area contributed by atoms with Crippen LogP contribution in [0.15, 0.2) is 53.6 Å². The van der Waals surface area contributed by atoms with E-state index in [1.807, 2.05) is 18.2 Å². The quantitative estimate of drug-likeness (QED) is 0.416. The number of hydrogen-bond donors (Lipinski definition) is 1. The van der Waals surface area contributed by atoms with Crippen LogP contribution in [-0.2, 0) is 9.84 Å². The van der Waals surface area contributed by atoms with E-state index in [2.05, 4.69) is 19.9 Å². The monoisotopic (exact) mass is 469 g/mol. The molecule has 0 bridgehead atoms. The molecule has 10 nitrogen and oxygen atoms in total. The highest BCUT2D eigenvalue weighted by Crippen LogP contribution is 2.30. The van der Waals surface area contributed by atoms with Crippen molar-refractivity contribution in [2.24, 2.45) is 0 Å². The third kappa shape index (κ3) is 4.72. The van der Waals surface area contributed by atoms with Gasteiger partial charge in [0.2, 0.25) is 0 Å². The Kier molecular flexibility index (Phi) is 6.14. The minimum Gasteiger partial charge on any atom is -0.491 e. The third-order valence-electron chi connectivity index (χ3n) is 4.98. The summed E-state index contributed by atoms with van der Waals surface area (Å²) in [5.74, 6) is 0.270.